The van der Waals surface area contributed by atoms with Crippen LogP contribution in [0.15, 0.2) is 22.5 Å². The van der Waals surface area contributed by atoms with Crippen molar-refractivity contribution in [3.63, 3.8) is 0 Å². The first kappa shape index (κ1) is 16.5. The molecule has 1 aliphatic heterocycles. The molecule has 1 atom stereocenters. The minimum Gasteiger partial charge on any atom is -0.369 e. The molecule has 2 aromatic rings. The van der Waals surface area contributed by atoms with Gasteiger partial charge in [-0.3, -0.25) is 9.59 Å². The standard InChI is InChI=1S/C15H16ClN3O2S2/c16-10-3-4-12-11(6-10)18-15(23-12)22-8-13(20)19-5-1-2-9(7-19)14(17)21/h3-4,6,9H,1-2,5,7-8H2,(H2,17,21)/t9-/m1/s1. The number of thiazole rings is 1. The molecule has 23 heavy (non-hydrogen) atoms. The molecule has 2 N–H and O–H groups in total. The van der Waals surface area contributed by atoms with E-state index >= 15 is 0 Å². The van der Waals surface area contributed by atoms with Crippen LogP contribution in [0.5, 0.6) is 0 Å². The molecular weight excluding hydrogens is 354 g/mol. The Morgan fingerprint density at radius 1 is 1.48 bits per heavy atom. The van der Waals surface area contributed by atoms with E-state index in [4.69, 9.17) is 17.3 Å². The molecule has 1 aliphatic rings. The van der Waals surface area contributed by atoms with Gasteiger partial charge in [0.2, 0.25) is 11.8 Å². The first-order chi connectivity index (χ1) is 11.0. The Balaban J connectivity index is 1.60. The molecule has 1 aromatic heterocycles. The zero-order chi connectivity index (χ0) is 16.4. The van der Waals surface area contributed by atoms with Gasteiger partial charge in [0.05, 0.1) is 21.9 Å². The molecule has 0 spiro atoms. The molecule has 0 saturated carbocycles. The van der Waals surface area contributed by atoms with Crippen LogP contribution in [-0.2, 0) is 9.59 Å². The molecule has 1 aromatic carbocycles. The number of piperidine rings is 1. The van der Waals surface area contributed by atoms with Crippen molar-refractivity contribution in [2.24, 2.45) is 11.7 Å². The highest BCUT2D eigenvalue weighted by Crippen LogP contribution is 2.31. The fraction of sp³-hybridized carbons (Fsp3) is 0.400. The molecule has 1 fully saturated rings. The van der Waals surface area contributed by atoms with Gasteiger partial charge in [0.1, 0.15) is 0 Å². The molecule has 0 aliphatic carbocycles. The number of carbonyl (C=O) groups excluding carboxylic acids is 2. The summed E-state index contributed by atoms with van der Waals surface area (Å²) in [4.78, 5) is 29.8. The van der Waals surface area contributed by atoms with E-state index in [0.717, 1.165) is 27.4 Å². The van der Waals surface area contributed by atoms with Crippen molar-refractivity contribution in [2.45, 2.75) is 17.2 Å². The highest BCUT2D eigenvalue weighted by Gasteiger charge is 2.26. The van der Waals surface area contributed by atoms with Gasteiger partial charge in [0.25, 0.3) is 0 Å². The summed E-state index contributed by atoms with van der Waals surface area (Å²) in [7, 11) is 0. The number of likely N-dealkylation sites (tertiary alicyclic amines) is 1. The summed E-state index contributed by atoms with van der Waals surface area (Å²) in [5.74, 6) is -0.197. The summed E-state index contributed by atoms with van der Waals surface area (Å²) in [6.07, 6.45) is 1.59. The van der Waals surface area contributed by atoms with E-state index in [1.165, 1.54) is 11.8 Å². The van der Waals surface area contributed by atoms with Crippen LogP contribution in [0.4, 0.5) is 0 Å². The fourth-order valence-corrected chi connectivity index (χ4v) is 4.71. The lowest BCUT2D eigenvalue weighted by Crippen LogP contribution is -2.44. The van der Waals surface area contributed by atoms with E-state index in [0.29, 0.717) is 23.9 Å². The third kappa shape index (κ3) is 3.97. The topological polar surface area (TPSA) is 76.3 Å². The number of hydrogen-bond acceptors (Lipinski definition) is 5. The number of benzene rings is 1. The van der Waals surface area contributed by atoms with Crippen molar-refractivity contribution in [2.75, 3.05) is 18.8 Å². The van der Waals surface area contributed by atoms with Gasteiger partial charge in [-0.2, -0.15) is 0 Å². The maximum Gasteiger partial charge on any atom is 0.233 e. The molecule has 0 unspecified atom stereocenters. The number of hydrogen-bond donors (Lipinski definition) is 1. The average Bonchev–Trinajstić information content (AvgIpc) is 2.94. The molecule has 2 amide bonds. The Labute approximate surface area is 147 Å². The maximum absolute atomic E-state index is 12.3. The molecule has 2 heterocycles. The minimum atomic E-state index is -0.321. The van der Waals surface area contributed by atoms with Gasteiger partial charge in [0.15, 0.2) is 4.34 Å². The van der Waals surface area contributed by atoms with E-state index in [-0.39, 0.29) is 17.7 Å². The molecule has 0 bridgehead atoms. The maximum atomic E-state index is 12.3. The van der Waals surface area contributed by atoms with Gasteiger partial charge in [-0.05, 0) is 31.0 Å². The third-order valence-corrected chi connectivity index (χ3v) is 6.22. The van der Waals surface area contributed by atoms with Crippen LogP contribution in [0, 0.1) is 5.92 Å². The van der Waals surface area contributed by atoms with E-state index in [1.54, 1.807) is 16.2 Å². The molecule has 8 heteroatoms. The van der Waals surface area contributed by atoms with Gasteiger partial charge in [0, 0.05) is 18.1 Å². The van der Waals surface area contributed by atoms with Crippen molar-refractivity contribution < 1.29 is 9.59 Å². The molecule has 0 radical (unpaired) electrons. The summed E-state index contributed by atoms with van der Waals surface area (Å²) in [6.45, 7) is 1.13. The number of thioether (sulfide) groups is 1. The lowest BCUT2D eigenvalue weighted by atomic mass is 9.97. The van der Waals surface area contributed by atoms with E-state index in [2.05, 4.69) is 4.98 Å². The number of nitrogens with two attached hydrogens (primary N) is 1. The molecule has 3 rings (SSSR count). The molecular formula is C15H16ClN3O2S2. The van der Waals surface area contributed by atoms with E-state index < -0.39 is 0 Å². The Bertz CT molecular complexity index is 749. The zero-order valence-corrected chi connectivity index (χ0v) is 14.7. The van der Waals surface area contributed by atoms with Gasteiger partial charge in [-0.1, -0.05) is 23.4 Å². The second kappa shape index (κ2) is 7.07. The monoisotopic (exact) mass is 369 g/mol. The lowest BCUT2D eigenvalue weighted by molar-refractivity contribution is -0.132. The highest BCUT2D eigenvalue weighted by atomic mass is 35.5. The van der Waals surface area contributed by atoms with Crippen LogP contribution in [0.25, 0.3) is 10.2 Å². The highest BCUT2D eigenvalue weighted by molar-refractivity contribution is 8.01. The Hall–Kier alpha value is -1.31. The van der Waals surface area contributed by atoms with Crippen LogP contribution in [-0.4, -0.2) is 40.5 Å². The third-order valence-electron chi connectivity index (χ3n) is 3.83. The minimum absolute atomic E-state index is 0.0261. The number of carbonyl (C=O) groups is 2. The number of aromatic nitrogens is 1. The van der Waals surface area contributed by atoms with Crippen LogP contribution in [0.1, 0.15) is 12.8 Å². The predicted octanol–water partition coefficient (Wildman–Crippen LogP) is 2.77. The first-order valence-electron chi connectivity index (χ1n) is 7.29. The van der Waals surface area contributed by atoms with Crippen LogP contribution in [0.3, 0.4) is 0 Å². The Morgan fingerprint density at radius 3 is 3.09 bits per heavy atom. The van der Waals surface area contributed by atoms with Gasteiger partial charge in [-0.25, -0.2) is 4.98 Å². The number of rotatable bonds is 4. The van der Waals surface area contributed by atoms with Crippen LogP contribution < -0.4 is 5.73 Å². The van der Waals surface area contributed by atoms with Crippen molar-refractivity contribution >= 4 is 56.7 Å². The predicted molar refractivity (Wildman–Crippen MR) is 93.9 cm³/mol. The Morgan fingerprint density at radius 2 is 2.30 bits per heavy atom. The number of halogens is 1. The van der Waals surface area contributed by atoms with Gasteiger partial charge < -0.3 is 10.6 Å². The average molecular weight is 370 g/mol. The largest absolute Gasteiger partial charge is 0.369 e. The van der Waals surface area contributed by atoms with E-state index in [9.17, 15) is 9.59 Å². The van der Waals surface area contributed by atoms with Crippen molar-refractivity contribution in [1.29, 1.82) is 0 Å². The van der Waals surface area contributed by atoms with E-state index in [1.807, 2.05) is 18.2 Å². The number of primary amides is 1. The number of amides is 2. The quantitative estimate of drug-likeness (QED) is 0.841. The summed E-state index contributed by atoms with van der Waals surface area (Å²) in [6, 6.07) is 5.59. The van der Waals surface area contributed by atoms with Crippen LogP contribution >= 0.6 is 34.7 Å². The lowest BCUT2D eigenvalue weighted by Gasteiger charge is -2.31. The van der Waals surface area contributed by atoms with Gasteiger partial charge in [-0.15, -0.1) is 11.3 Å². The summed E-state index contributed by atoms with van der Waals surface area (Å²) in [5, 5.41) is 0.654. The molecule has 1 saturated heterocycles. The first-order valence-corrected chi connectivity index (χ1v) is 9.47. The molecule has 122 valence electrons. The number of nitrogens with zero attached hydrogens (tertiary/aromatic N) is 2. The smallest absolute Gasteiger partial charge is 0.233 e. The Kier molecular flexibility index (Phi) is 5.08. The molecule has 5 nitrogen and oxygen atoms in total. The van der Waals surface area contributed by atoms with Crippen molar-refractivity contribution in [3.05, 3.63) is 23.2 Å². The van der Waals surface area contributed by atoms with Crippen LogP contribution in [0.2, 0.25) is 5.02 Å². The van der Waals surface area contributed by atoms with Gasteiger partial charge >= 0.3 is 0 Å². The fourth-order valence-electron chi connectivity index (χ4n) is 2.59. The second-order valence-corrected chi connectivity index (χ2v) is 8.15. The second-order valence-electron chi connectivity index (χ2n) is 5.46. The number of fused-ring (bicyclic) bond motifs is 1. The normalized spacial score (nSPS) is 18.3. The van der Waals surface area contributed by atoms with Crippen molar-refractivity contribution in [1.82, 2.24) is 9.88 Å². The van der Waals surface area contributed by atoms with Crippen molar-refractivity contribution in [3.8, 4) is 0 Å². The summed E-state index contributed by atoms with van der Waals surface area (Å²) in [5.41, 5.74) is 6.20. The summed E-state index contributed by atoms with van der Waals surface area (Å²) < 4.78 is 1.90. The summed E-state index contributed by atoms with van der Waals surface area (Å²) >= 11 is 8.92. The zero-order valence-electron chi connectivity index (χ0n) is 12.3. The SMILES string of the molecule is NC(=O)[C@@H]1CCCN(C(=O)CSc2nc3cc(Cl)ccc3s2)C1.